The Hall–Kier alpha value is -0.450. The number of rotatable bonds is 3. The molecule has 12 nitrogen and oxygen atoms in total. The van der Waals surface area contributed by atoms with E-state index >= 15 is 0 Å². The van der Waals surface area contributed by atoms with Gasteiger partial charge in [-0.3, -0.25) is 9.11 Å². The van der Waals surface area contributed by atoms with Gasteiger partial charge in [0, 0.05) is 12.6 Å². The van der Waals surface area contributed by atoms with Gasteiger partial charge in [-0.2, -0.15) is 8.42 Å². The largest absolute Gasteiger partial charge is 0.394 e. The van der Waals surface area contributed by atoms with Crippen molar-refractivity contribution in [2.24, 2.45) is 17.2 Å². The standard InChI is InChI=1S/C12H25N3O5.H2O4S/c13-4-9-7(16)3-6(15)12(20-9)19-8-2-1-5(14)10(17)11(8)18;1-5(2,3)4/h5-12,16-18H,1-4,13-15H2;(H2,1,2,3,4)/t5-,6+,7+,8-,9?,10?,11?,12+;/m1./s1. The SMILES string of the molecule is NCC1O[C@H](O[C@@H]2CC[C@@H](N)C(O)C2O)[C@@H](N)C[C@@H]1O.O=S(=O)(O)O. The molecule has 2 aliphatic rings. The highest BCUT2D eigenvalue weighted by Crippen LogP contribution is 2.26. The predicted molar refractivity (Wildman–Crippen MR) is 84.6 cm³/mol. The summed E-state index contributed by atoms with van der Waals surface area (Å²) in [4.78, 5) is 0. The Morgan fingerprint density at radius 2 is 1.60 bits per heavy atom. The molecule has 0 aromatic carbocycles. The molecule has 8 atom stereocenters. The van der Waals surface area contributed by atoms with E-state index in [4.69, 9.17) is 44.2 Å². The molecule has 0 radical (unpaired) electrons. The molecule has 0 bridgehead atoms. The maximum atomic E-state index is 9.97. The first-order valence-corrected chi connectivity index (χ1v) is 9.10. The van der Waals surface area contributed by atoms with Crippen molar-refractivity contribution in [2.75, 3.05) is 6.54 Å². The molecule has 13 heteroatoms. The molecule has 0 amide bonds. The van der Waals surface area contributed by atoms with E-state index in [1.54, 1.807) is 0 Å². The number of nitrogens with two attached hydrogens (primary N) is 3. The Balaban J connectivity index is 0.000000550. The monoisotopic (exact) mass is 389 g/mol. The minimum Gasteiger partial charge on any atom is -0.390 e. The molecule has 1 heterocycles. The molecular weight excluding hydrogens is 362 g/mol. The van der Waals surface area contributed by atoms with E-state index in [1.807, 2.05) is 0 Å². The second kappa shape index (κ2) is 9.48. The highest BCUT2D eigenvalue weighted by molar-refractivity contribution is 7.79. The summed E-state index contributed by atoms with van der Waals surface area (Å²) in [5.74, 6) is 0. The summed E-state index contributed by atoms with van der Waals surface area (Å²) in [6.07, 6.45) is -3.31. The van der Waals surface area contributed by atoms with Crippen LogP contribution in [0.25, 0.3) is 0 Å². The summed E-state index contributed by atoms with van der Waals surface area (Å²) in [5, 5.41) is 29.5. The number of hydrogen-bond donors (Lipinski definition) is 8. The van der Waals surface area contributed by atoms with Crippen molar-refractivity contribution >= 4 is 10.4 Å². The third-order valence-corrected chi connectivity index (χ3v) is 4.10. The van der Waals surface area contributed by atoms with Crippen LogP contribution < -0.4 is 17.2 Å². The van der Waals surface area contributed by atoms with Crippen LogP contribution in [0.4, 0.5) is 0 Å². The molecule has 2 rings (SSSR count). The van der Waals surface area contributed by atoms with Gasteiger partial charge in [-0.1, -0.05) is 0 Å². The van der Waals surface area contributed by atoms with Crippen molar-refractivity contribution in [1.29, 1.82) is 0 Å². The quantitative estimate of drug-likeness (QED) is 0.218. The third kappa shape index (κ3) is 7.36. The van der Waals surface area contributed by atoms with Crippen LogP contribution >= 0.6 is 0 Å². The van der Waals surface area contributed by atoms with E-state index in [-0.39, 0.29) is 6.54 Å². The van der Waals surface area contributed by atoms with Crippen molar-refractivity contribution in [3.05, 3.63) is 0 Å². The molecule has 25 heavy (non-hydrogen) atoms. The van der Waals surface area contributed by atoms with Crippen molar-refractivity contribution in [3.8, 4) is 0 Å². The van der Waals surface area contributed by atoms with Gasteiger partial charge in [-0.25, -0.2) is 0 Å². The minimum atomic E-state index is -4.67. The molecule has 11 N–H and O–H groups in total. The fraction of sp³-hybridized carbons (Fsp3) is 1.00. The second-order valence-electron chi connectivity index (χ2n) is 6.09. The Morgan fingerprint density at radius 3 is 2.12 bits per heavy atom. The summed E-state index contributed by atoms with van der Waals surface area (Å²) in [6.45, 7) is 0.161. The first-order chi connectivity index (χ1) is 11.4. The lowest BCUT2D eigenvalue weighted by atomic mass is 9.88. The molecule has 2 fully saturated rings. The summed E-state index contributed by atoms with van der Waals surface area (Å²) in [7, 11) is -4.67. The maximum absolute atomic E-state index is 9.97. The highest BCUT2D eigenvalue weighted by atomic mass is 32.3. The van der Waals surface area contributed by atoms with E-state index in [1.165, 1.54) is 0 Å². The van der Waals surface area contributed by atoms with Crippen LogP contribution in [0.2, 0.25) is 0 Å². The van der Waals surface area contributed by atoms with E-state index in [0.717, 1.165) is 0 Å². The Kier molecular flexibility index (Phi) is 8.56. The third-order valence-electron chi connectivity index (χ3n) is 4.10. The lowest BCUT2D eigenvalue weighted by Crippen LogP contribution is -2.58. The first kappa shape index (κ1) is 22.6. The molecule has 1 aliphatic heterocycles. The van der Waals surface area contributed by atoms with Crippen molar-refractivity contribution < 1.29 is 42.3 Å². The second-order valence-corrected chi connectivity index (χ2v) is 6.99. The molecular formula is C12H27N3O9S. The minimum absolute atomic E-state index is 0.161. The zero-order chi connectivity index (χ0) is 19.4. The zero-order valence-electron chi connectivity index (χ0n) is 13.5. The Morgan fingerprint density at radius 1 is 1.04 bits per heavy atom. The predicted octanol–water partition coefficient (Wildman–Crippen LogP) is -3.68. The smallest absolute Gasteiger partial charge is 0.390 e. The zero-order valence-corrected chi connectivity index (χ0v) is 14.3. The topological polar surface area (TPSA) is 232 Å². The van der Waals surface area contributed by atoms with Gasteiger partial charge in [0.25, 0.3) is 0 Å². The molecule has 150 valence electrons. The van der Waals surface area contributed by atoms with Gasteiger partial charge in [-0.15, -0.1) is 0 Å². The number of ether oxygens (including phenoxy) is 2. The van der Waals surface area contributed by atoms with Crippen LogP contribution in [-0.2, 0) is 19.9 Å². The van der Waals surface area contributed by atoms with Crippen LogP contribution in [0, 0.1) is 0 Å². The number of aliphatic hydroxyl groups excluding tert-OH is 3. The molecule has 1 saturated carbocycles. The van der Waals surface area contributed by atoms with Gasteiger partial charge < -0.3 is 42.0 Å². The molecule has 0 aromatic heterocycles. The van der Waals surface area contributed by atoms with Crippen LogP contribution in [0.3, 0.4) is 0 Å². The summed E-state index contributed by atoms with van der Waals surface area (Å²) in [6, 6.07) is -0.961. The molecule has 1 saturated heterocycles. The van der Waals surface area contributed by atoms with Crippen molar-refractivity contribution in [1.82, 2.24) is 0 Å². The Bertz CT molecular complexity index is 500. The lowest BCUT2D eigenvalue weighted by molar-refractivity contribution is -0.265. The van der Waals surface area contributed by atoms with Gasteiger partial charge in [0.15, 0.2) is 6.29 Å². The number of aliphatic hydroxyl groups is 3. The summed E-state index contributed by atoms with van der Waals surface area (Å²) in [5.41, 5.74) is 17.1. The fourth-order valence-corrected chi connectivity index (χ4v) is 2.74. The summed E-state index contributed by atoms with van der Waals surface area (Å²) >= 11 is 0. The average molecular weight is 389 g/mol. The first-order valence-electron chi connectivity index (χ1n) is 7.70. The average Bonchev–Trinajstić information content (AvgIpc) is 2.48. The van der Waals surface area contributed by atoms with Crippen molar-refractivity contribution in [2.45, 2.75) is 68.2 Å². The molecule has 3 unspecified atom stereocenters. The normalized spacial score (nSPS) is 42.4. The molecule has 0 spiro atoms. The van der Waals surface area contributed by atoms with Crippen LogP contribution in [0.5, 0.6) is 0 Å². The van der Waals surface area contributed by atoms with Gasteiger partial charge in [0.2, 0.25) is 0 Å². The van der Waals surface area contributed by atoms with Crippen LogP contribution in [0.1, 0.15) is 19.3 Å². The van der Waals surface area contributed by atoms with Crippen LogP contribution in [-0.4, -0.2) is 88.3 Å². The van der Waals surface area contributed by atoms with Gasteiger partial charge in [-0.05, 0) is 19.3 Å². The van der Waals surface area contributed by atoms with Crippen molar-refractivity contribution in [3.63, 3.8) is 0 Å². The highest BCUT2D eigenvalue weighted by Gasteiger charge is 2.41. The van der Waals surface area contributed by atoms with E-state index in [9.17, 15) is 15.3 Å². The maximum Gasteiger partial charge on any atom is 0.394 e. The van der Waals surface area contributed by atoms with E-state index in [0.29, 0.717) is 19.3 Å². The Labute approximate surface area is 145 Å². The number of hydrogen-bond acceptors (Lipinski definition) is 10. The summed E-state index contributed by atoms with van der Waals surface area (Å²) < 4.78 is 42.8. The molecule has 1 aliphatic carbocycles. The van der Waals surface area contributed by atoms with E-state index in [2.05, 4.69) is 0 Å². The van der Waals surface area contributed by atoms with Gasteiger partial charge in [0.1, 0.15) is 6.10 Å². The van der Waals surface area contributed by atoms with Crippen LogP contribution in [0.15, 0.2) is 0 Å². The van der Waals surface area contributed by atoms with Gasteiger partial charge in [0.05, 0.1) is 30.5 Å². The fourth-order valence-electron chi connectivity index (χ4n) is 2.74. The van der Waals surface area contributed by atoms with E-state index < -0.39 is 59.3 Å². The molecule has 0 aromatic rings. The van der Waals surface area contributed by atoms with Gasteiger partial charge >= 0.3 is 10.4 Å². The lowest BCUT2D eigenvalue weighted by Gasteiger charge is -2.42.